The summed E-state index contributed by atoms with van der Waals surface area (Å²) in [5.74, 6) is -0.901. The summed E-state index contributed by atoms with van der Waals surface area (Å²) in [6.45, 7) is 0. The number of hydrogen-bond acceptors (Lipinski definition) is 4. The normalized spacial score (nSPS) is 10.0. The van der Waals surface area contributed by atoms with E-state index in [0.29, 0.717) is 5.82 Å². The predicted molar refractivity (Wildman–Crippen MR) is 56.3 cm³/mol. The number of phenolic OH excluding ortho intramolecular Hbond substituents is 2. The Morgan fingerprint density at radius 1 is 1.31 bits per heavy atom. The predicted octanol–water partition coefficient (Wildman–Crippen LogP) is 1.07. The number of nitrogens with zero attached hydrogens (tertiary/aromatic N) is 1. The number of aromatic hydroxyl groups is 2. The van der Waals surface area contributed by atoms with Crippen LogP contribution in [-0.2, 0) is 0 Å². The van der Waals surface area contributed by atoms with Crippen LogP contribution < -0.4 is 5.32 Å². The molecule has 6 heteroatoms. The summed E-state index contributed by atoms with van der Waals surface area (Å²) in [4.78, 5) is 11.7. The lowest BCUT2D eigenvalue weighted by Crippen LogP contribution is -2.12. The number of hydrogen-bond donors (Lipinski definition) is 4. The zero-order chi connectivity index (χ0) is 11.5. The molecule has 0 spiro atoms. The van der Waals surface area contributed by atoms with Gasteiger partial charge in [0, 0.05) is 6.07 Å². The van der Waals surface area contributed by atoms with Crippen LogP contribution in [0.5, 0.6) is 11.5 Å². The first kappa shape index (κ1) is 10.0. The van der Waals surface area contributed by atoms with E-state index in [0.717, 1.165) is 0 Å². The fourth-order valence-corrected chi connectivity index (χ4v) is 1.23. The Labute approximate surface area is 90.6 Å². The van der Waals surface area contributed by atoms with Crippen LogP contribution in [0.2, 0.25) is 0 Å². The number of carbonyl (C=O) groups excluding carboxylic acids is 1. The smallest absolute Gasteiger partial charge is 0.260 e. The number of phenols is 2. The number of H-pyrrole nitrogens is 1. The molecule has 0 aliphatic rings. The monoisotopic (exact) mass is 219 g/mol. The zero-order valence-electron chi connectivity index (χ0n) is 8.14. The summed E-state index contributed by atoms with van der Waals surface area (Å²) < 4.78 is 0. The lowest BCUT2D eigenvalue weighted by molar-refractivity contribution is 0.102. The molecule has 1 amide bonds. The van der Waals surface area contributed by atoms with Crippen molar-refractivity contribution in [1.82, 2.24) is 10.2 Å². The molecule has 0 aliphatic carbocycles. The second-order valence-electron chi connectivity index (χ2n) is 3.10. The van der Waals surface area contributed by atoms with Gasteiger partial charge in [-0.1, -0.05) is 6.07 Å². The molecule has 0 atom stereocenters. The number of aromatic amines is 1. The van der Waals surface area contributed by atoms with Crippen LogP contribution >= 0.6 is 0 Å². The average Bonchev–Trinajstić information content (AvgIpc) is 2.74. The maximum atomic E-state index is 11.7. The molecule has 6 nitrogen and oxygen atoms in total. The Morgan fingerprint density at radius 3 is 2.81 bits per heavy atom. The highest BCUT2D eigenvalue weighted by Gasteiger charge is 2.14. The summed E-state index contributed by atoms with van der Waals surface area (Å²) in [6, 6.07) is 5.73. The molecule has 0 radical (unpaired) electrons. The first-order chi connectivity index (χ1) is 7.68. The van der Waals surface area contributed by atoms with Crippen molar-refractivity contribution in [3.05, 3.63) is 36.0 Å². The molecule has 0 unspecified atom stereocenters. The molecule has 1 aromatic carbocycles. The van der Waals surface area contributed by atoms with E-state index in [9.17, 15) is 15.0 Å². The summed E-state index contributed by atoms with van der Waals surface area (Å²) >= 11 is 0. The standard InChI is InChI=1S/C10H9N3O3/c14-7-3-1-2-6(9(7)15)10(16)12-8-4-5-11-13-8/h1-5,14-15H,(H2,11,12,13,16). The van der Waals surface area contributed by atoms with Crippen LogP contribution in [0.1, 0.15) is 10.4 Å². The molecule has 0 aliphatic heterocycles. The van der Waals surface area contributed by atoms with Gasteiger partial charge in [-0.25, -0.2) is 0 Å². The van der Waals surface area contributed by atoms with Crippen molar-refractivity contribution in [1.29, 1.82) is 0 Å². The maximum absolute atomic E-state index is 11.7. The molecule has 1 heterocycles. The molecule has 4 N–H and O–H groups in total. The summed E-state index contributed by atoms with van der Waals surface area (Å²) in [5, 5.41) is 27.4. The van der Waals surface area contributed by atoms with Gasteiger partial charge in [0.2, 0.25) is 0 Å². The van der Waals surface area contributed by atoms with E-state index in [1.807, 2.05) is 0 Å². The quantitative estimate of drug-likeness (QED) is 0.568. The molecule has 1 aromatic heterocycles. The van der Waals surface area contributed by atoms with Gasteiger partial charge in [0.1, 0.15) is 5.82 Å². The van der Waals surface area contributed by atoms with Crippen molar-refractivity contribution in [2.24, 2.45) is 0 Å². The molecule has 0 saturated carbocycles. The third-order valence-corrected chi connectivity index (χ3v) is 2.01. The second kappa shape index (κ2) is 3.93. The van der Waals surface area contributed by atoms with Crippen LogP contribution in [0.4, 0.5) is 5.82 Å². The number of benzene rings is 1. The Hall–Kier alpha value is -2.50. The Balaban J connectivity index is 2.24. The van der Waals surface area contributed by atoms with Gasteiger partial charge in [-0.05, 0) is 12.1 Å². The number of anilines is 1. The van der Waals surface area contributed by atoms with Crippen LogP contribution in [0.3, 0.4) is 0 Å². The van der Waals surface area contributed by atoms with Crippen molar-refractivity contribution in [2.45, 2.75) is 0 Å². The number of rotatable bonds is 2. The van der Waals surface area contributed by atoms with Gasteiger partial charge in [-0.15, -0.1) is 0 Å². The van der Waals surface area contributed by atoms with Crippen LogP contribution in [0.15, 0.2) is 30.5 Å². The maximum Gasteiger partial charge on any atom is 0.260 e. The van der Waals surface area contributed by atoms with Crippen LogP contribution in [0.25, 0.3) is 0 Å². The molecule has 2 aromatic rings. The number of nitrogens with one attached hydrogen (secondary N) is 2. The SMILES string of the molecule is O=C(Nc1ccn[nH]1)c1cccc(O)c1O. The minimum atomic E-state index is -0.530. The first-order valence-electron chi connectivity index (χ1n) is 4.50. The van der Waals surface area contributed by atoms with E-state index in [1.54, 1.807) is 6.07 Å². The lowest BCUT2D eigenvalue weighted by atomic mass is 10.1. The van der Waals surface area contributed by atoms with Gasteiger partial charge < -0.3 is 15.5 Å². The summed E-state index contributed by atoms with van der Waals surface area (Å²) in [5.41, 5.74) is -0.00500. The van der Waals surface area contributed by atoms with Crippen molar-refractivity contribution in [2.75, 3.05) is 5.32 Å². The molecule has 2 rings (SSSR count). The van der Waals surface area contributed by atoms with Gasteiger partial charge in [0.05, 0.1) is 11.8 Å². The highest BCUT2D eigenvalue weighted by atomic mass is 16.3. The fourth-order valence-electron chi connectivity index (χ4n) is 1.23. The minimum Gasteiger partial charge on any atom is -0.504 e. The molecule has 0 fully saturated rings. The molecule has 0 bridgehead atoms. The molecule has 82 valence electrons. The average molecular weight is 219 g/mol. The van der Waals surface area contributed by atoms with Gasteiger partial charge in [-0.3, -0.25) is 9.89 Å². The molecule has 16 heavy (non-hydrogen) atoms. The van der Waals surface area contributed by atoms with E-state index in [4.69, 9.17) is 0 Å². The van der Waals surface area contributed by atoms with E-state index in [2.05, 4.69) is 15.5 Å². The van der Waals surface area contributed by atoms with Crippen LogP contribution in [0, 0.1) is 0 Å². The van der Waals surface area contributed by atoms with Crippen molar-refractivity contribution in [3.63, 3.8) is 0 Å². The highest BCUT2D eigenvalue weighted by Crippen LogP contribution is 2.28. The minimum absolute atomic E-state index is 0.00500. The number of para-hydroxylation sites is 1. The zero-order valence-corrected chi connectivity index (χ0v) is 8.14. The largest absolute Gasteiger partial charge is 0.504 e. The van der Waals surface area contributed by atoms with E-state index in [-0.39, 0.29) is 11.3 Å². The topological polar surface area (TPSA) is 98.2 Å². The highest BCUT2D eigenvalue weighted by molar-refractivity contribution is 6.06. The number of aromatic nitrogens is 2. The Kier molecular flexibility index (Phi) is 2.47. The van der Waals surface area contributed by atoms with E-state index >= 15 is 0 Å². The number of amides is 1. The van der Waals surface area contributed by atoms with Gasteiger partial charge in [-0.2, -0.15) is 5.10 Å². The molecule has 0 saturated heterocycles. The fraction of sp³-hybridized carbons (Fsp3) is 0. The first-order valence-corrected chi connectivity index (χ1v) is 4.50. The summed E-state index contributed by atoms with van der Waals surface area (Å²) in [7, 11) is 0. The van der Waals surface area contributed by atoms with Gasteiger partial charge in [0.25, 0.3) is 5.91 Å². The van der Waals surface area contributed by atoms with Crippen molar-refractivity contribution in [3.8, 4) is 11.5 Å². The Bertz CT molecular complexity index is 508. The van der Waals surface area contributed by atoms with Crippen LogP contribution in [-0.4, -0.2) is 26.3 Å². The van der Waals surface area contributed by atoms with Gasteiger partial charge >= 0.3 is 0 Å². The van der Waals surface area contributed by atoms with Crippen molar-refractivity contribution >= 4 is 11.7 Å². The van der Waals surface area contributed by atoms with E-state index < -0.39 is 11.7 Å². The summed E-state index contributed by atoms with van der Waals surface area (Å²) in [6.07, 6.45) is 1.48. The third-order valence-electron chi connectivity index (χ3n) is 2.01. The van der Waals surface area contributed by atoms with E-state index in [1.165, 1.54) is 24.4 Å². The molecular formula is C10H9N3O3. The molecular weight excluding hydrogens is 210 g/mol. The lowest BCUT2D eigenvalue weighted by Gasteiger charge is -2.05. The third kappa shape index (κ3) is 1.81. The number of carbonyl (C=O) groups is 1. The van der Waals surface area contributed by atoms with Crippen molar-refractivity contribution < 1.29 is 15.0 Å². The Morgan fingerprint density at radius 2 is 2.12 bits per heavy atom. The second-order valence-corrected chi connectivity index (χ2v) is 3.10. The van der Waals surface area contributed by atoms with Gasteiger partial charge in [0.15, 0.2) is 11.5 Å².